The number of likely N-dealkylation sites (tertiary alicyclic amines) is 1. The maximum Gasteiger partial charge on any atom is 0.223 e. The highest BCUT2D eigenvalue weighted by atomic mass is 16.5. The Kier molecular flexibility index (Phi) is 7.25. The number of methoxy groups -OCH3 is 1. The van der Waals surface area contributed by atoms with Crippen molar-refractivity contribution in [2.24, 2.45) is 4.99 Å². The van der Waals surface area contributed by atoms with E-state index in [1.807, 2.05) is 6.07 Å². The summed E-state index contributed by atoms with van der Waals surface area (Å²) in [5.41, 5.74) is 1.25. The normalized spacial score (nSPS) is 16.2. The largest absolute Gasteiger partial charge is 0.497 e. The first-order valence-corrected chi connectivity index (χ1v) is 9.89. The van der Waals surface area contributed by atoms with Gasteiger partial charge in [-0.1, -0.05) is 17.3 Å². The lowest BCUT2D eigenvalue weighted by atomic mass is 10.1. The lowest BCUT2D eigenvalue weighted by molar-refractivity contribution is 0.245. The number of hydrogen-bond donors (Lipinski definition) is 2. The molecule has 8 heteroatoms. The molecule has 0 amide bonds. The SMILES string of the molecule is CCNC(=NCc1noc(C)n1)NCC(c1cccc(OC)c1)N1CCCC1. The van der Waals surface area contributed by atoms with Crippen LogP contribution in [0.4, 0.5) is 0 Å². The molecule has 152 valence electrons. The van der Waals surface area contributed by atoms with Gasteiger partial charge in [0.1, 0.15) is 12.3 Å². The lowest BCUT2D eigenvalue weighted by Gasteiger charge is -2.29. The van der Waals surface area contributed by atoms with Crippen molar-refractivity contribution in [1.29, 1.82) is 0 Å². The summed E-state index contributed by atoms with van der Waals surface area (Å²) >= 11 is 0. The van der Waals surface area contributed by atoms with Crippen LogP contribution in [0.1, 0.15) is 43.1 Å². The molecule has 0 radical (unpaired) electrons. The van der Waals surface area contributed by atoms with Gasteiger partial charge in [-0.3, -0.25) is 4.90 Å². The van der Waals surface area contributed by atoms with Crippen LogP contribution in [0.15, 0.2) is 33.8 Å². The zero-order chi connectivity index (χ0) is 19.8. The molecular formula is C20H30N6O2. The number of hydrogen-bond acceptors (Lipinski definition) is 6. The summed E-state index contributed by atoms with van der Waals surface area (Å²) in [7, 11) is 1.71. The Balaban J connectivity index is 1.70. The van der Waals surface area contributed by atoms with Crippen LogP contribution in [0.3, 0.4) is 0 Å². The molecule has 1 fully saturated rings. The van der Waals surface area contributed by atoms with Crippen molar-refractivity contribution in [1.82, 2.24) is 25.7 Å². The number of guanidine groups is 1. The fourth-order valence-corrected chi connectivity index (χ4v) is 3.45. The summed E-state index contributed by atoms with van der Waals surface area (Å²) in [5.74, 6) is 2.76. The smallest absolute Gasteiger partial charge is 0.223 e. The average Bonchev–Trinajstić information content (AvgIpc) is 3.38. The number of ether oxygens (including phenoxy) is 1. The molecule has 2 heterocycles. The Bertz CT molecular complexity index is 770. The van der Waals surface area contributed by atoms with Crippen molar-refractivity contribution in [3.8, 4) is 5.75 Å². The fraction of sp³-hybridized carbons (Fsp3) is 0.550. The first-order chi connectivity index (χ1) is 13.7. The number of nitrogens with one attached hydrogen (secondary N) is 2. The average molecular weight is 387 g/mol. The van der Waals surface area contributed by atoms with Gasteiger partial charge in [-0.2, -0.15) is 4.98 Å². The standard InChI is InChI=1S/C20H30N6O2/c1-4-21-20(23-14-19-24-15(2)28-25-19)22-13-18(26-10-5-6-11-26)16-8-7-9-17(12-16)27-3/h7-9,12,18H,4-6,10-11,13-14H2,1-3H3,(H2,21,22,23). The summed E-state index contributed by atoms with van der Waals surface area (Å²) < 4.78 is 10.4. The molecule has 3 rings (SSSR count). The molecule has 1 unspecified atom stereocenters. The van der Waals surface area contributed by atoms with E-state index in [4.69, 9.17) is 9.26 Å². The summed E-state index contributed by atoms with van der Waals surface area (Å²) in [6.07, 6.45) is 2.48. The van der Waals surface area contributed by atoms with E-state index in [2.05, 4.69) is 55.8 Å². The predicted molar refractivity (Wildman–Crippen MR) is 108 cm³/mol. The molecule has 1 atom stereocenters. The summed E-state index contributed by atoms with van der Waals surface area (Å²) in [5, 5.41) is 10.7. The van der Waals surface area contributed by atoms with Crippen molar-refractivity contribution in [2.75, 3.05) is 33.3 Å². The first kappa shape index (κ1) is 20.1. The van der Waals surface area contributed by atoms with Crippen LogP contribution in [-0.4, -0.2) is 54.3 Å². The Morgan fingerprint density at radius 3 is 2.82 bits per heavy atom. The van der Waals surface area contributed by atoms with Gasteiger partial charge >= 0.3 is 0 Å². The number of aromatic nitrogens is 2. The second kappa shape index (κ2) is 10.1. The Morgan fingerprint density at radius 2 is 2.14 bits per heavy atom. The molecule has 1 aromatic heterocycles. The maximum atomic E-state index is 5.42. The van der Waals surface area contributed by atoms with Gasteiger partial charge in [0.05, 0.1) is 13.2 Å². The zero-order valence-electron chi connectivity index (χ0n) is 16.9. The summed E-state index contributed by atoms with van der Waals surface area (Å²) in [6, 6.07) is 8.58. The number of benzene rings is 1. The quantitative estimate of drug-likeness (QED) is 0.531. The van der Waals surface area contributed by atoms with E-state index < -0.39 is 0 Å². The Morgan fingerprint density at radius 1 is 1.32 bits per heavy atom. The minimum Gasteiger partial charge on any atom is -0.497 e. The van der Waals surface area contributed by atoms with Gasteiger partial charge in [0.25, 0.3) is 0 Å². The van der Waals surface area contributed by atoms with E-state index >= 15 is 0 Å². The molecule has 1 aromatic carbocycles. The number of rotatable bonds is 8. The van der Waals surface area contributed by atoms with E-state index in [1.54, 1.807) is 14.0 Å². The molecule has 1 aliphatic heterocycles. The van der Waals surface area contributed by atoms with Crippen LogP contribution in [0, 0.1) is 6.92 Å². The van der Waals surface area contributed by atoms with Crippen molar-refractivity contribution < 1.29 is 9.26 Å². The molecule has 0 saturated carbocycles. The van der Waals surface area contributed by atoms with Crippen molar-refractivity contribution in [3.05, 3.63) is 41.5 Å². The summed E-state index contributed by atoms with van der Waals surface area (Å²) in [4.78, 5) is 11.3. The minimum absolute atomic E-state index is 0.258. The van der Waals surface area contributed by atoms with Gasteiger partial charge in [0.2, 0.25) is 5.89 Å². The highest BCUT2D eigenvalue weighted by Crippen LogP contribution is 2.27. The van der Waals surface area contributed by atoms with Crippen LogP contribution in [0.25, 0.3) is 0 Å². The van der Waals surface area contributed by atoms with Crippen molar-refractivity contribution >= 4 is 5.96 Å². The highest BCUT2D eigenvalue weighted by Gasteiger charge is 2.24. The Hall–Kier alpha value is -2.61. The zero-order valence-corrected chi connectivity index (χ0v) is 16.9. The van der Waals surface area contributed by atoms with Crippen molar-refractivity contribution in [3.63, 3.8) is 0 Å². The van der Waals surface area contributed by atoms with E-state index in [-0.39, 0.29) is 6.04 Å². The molecular weight excluding hydrogens is 356 g/mol. The number of nitrogens with zero attached hydrogens (tertiary/aromatic N) is 4. The van der Waals surface area contributed by atoms with Crippen LogP contribution in [-0.2, 0) is 6.54 Å². The lowest BCUT2D eigenvalue weighted by Crippen LogP contribution is -2.42. The minimum atomic E-state index is 0.258. The fourth-order valence-electron chi connectivity index (χ4n) is 3.45. The molecule has 8 nitrogen and oxygen atoms in total. The van der Waals surface area contributed by atoms with E-state index in [1.165, 1.54) is 18.4 Å². The van der Waals surface area contributed by atoms with Crippen molar-refractivity contribution in [2.45, 2.75) is 39.3 Å². The van der Waals surface area contributed by atoms with Crippen LogP contribution < -0.4 is 15.4 Å². The van der Waals surface area contributed by atoms with Gasteiger partial charge in [0.15, 0.2) is 11.8 Å². The van der Waals surface area contributed by atoms with Gasteiger partial charge in [0, 0.05) is 20.0 Å². The summed E-state index contributed by atoms with van der Waals surface area (Å²) in [6.45, 7) is 7.96. The third-order valence-electron chi connectivity index (χ3n) is 4.82. The van der Waals surface area contributed by atoms with Gasteiger partial charge in [-0.25, -0.2) is 4.99 Å². The second-order valence-corrected chi connectivity index (χ2v) is 6.84. The van der Waals surface area contributed by atoms with Crippen LogP contribution >= 0.6 is 0 Å². The molecule has 1 aliphatic rings. The van der Waals surface area contributed by atoms with Gasteiger partial charge in [-0.15, -0.1) is 0 Å². The van der Waals surface area contributed by atoms with Gasteiger partial charge in [-0.05, 0) is 50.6 Å². The third kappa shape index (κ3) is 5.45. The monoisotopic (exact) mass is 386 g/mol. The van der Waals surface area contributed by atoms with Crippen LogP contribution in [0.5, 0.6) is 5.75 Å². The molecule has 1 saturated heterocycles. The molecule has 0 aliphatic carbocycles. The molecule has 2 N–H and O–H groups in total. The van der Waals surface area contributed by atoms with E-state index in [0.717, 1.165) is 37.9 Å². The number of aryl methyl sites for hydroxylation is 1. The molecule has 0 bridgehead atoms. The van der Waals surface area contributed by atoms with Gasteiger partial charge < -0.3 is 19.9 Å². The molecule has 2 aromatic rings. The van der Waals surface area contributed by atoms with Crippen LogP contribution in [0.2, 0.25) is 0 Å². The predicted octanol–water partition coefficient (Wildman–Crippen LogP) is 2.28. The topological polar surface area (TPSA) is 87.8 Å². The van der Waals surface area contributed by atoms with E-state index in [9.17, 15) is 0 Å². The molecule has 0 spiro atoms. The van der Waals surface area contributed by atoms with E-state index in [0.29, 0.717) is 18.3 Å². The third-order valence-corrected chi connectivity index (χ3v) is 4.82. The second-order valence-electron chi connectivity index (χ2n) is 6.84. The number of aliphatic imine (C=N–C) groups is 1. The highest BCUT2D eigenvalue weighted by molar-refractivity contribution is 5.79. The first-order valence-electron chi connectivity index (χ1n) is 9.89. The Labute approximate surface area is 166 Å². The molecule has 28 heavy (non-hydrogen) atoms. The maximum absolute atomic E-state index is 5.42.